The molecule has 0 amide bonds. The SMILES string of the molecule is CCCCCCCCNC1C(C)(C)[C@H]2CC[C@]1(C)C2. The minimum Gasteiger partial charge on any atom is -0.313 e. The summed E-state index contributed by atoms with van der Waals surface area (Å²) in [6.45, 7) is 11.1. The van der Waals surface area contributed by atoms with E-state index in [1.54, 1.807) is 0 Å². The highest BCUT2D eigenvalue weighted by atomic mass is 15.0. The van der Waals surface area contributed by atoms with Gasteiger partial charge in [-0.05, 0) is 49.0 Å². The Morgan fingerprint density at radius 1 is 1.00 bits per heavy atom. The van der Waals surface area contributed by atoms with Gasteiger partial charge in [-0.15, -0.1) is 0 Å². The summed E-state index contributed by atoms with van der Waals surface area (Å²) in [7, 11) is 0. The van der Waals surface area contributed by atoms with Crippen molar-refractivity contribution >= 4 is 0 Å². The first-order chi connectivity index (χ1) is 9.00. The number of unbranched alkanes of at least 4 members (excludes halogenated alkanes) is 5. The summed E-state index contributed by atoms with van der Waals surface area (Å²) in [5, 5.41) is 3.93. The van der Waals surface area contributed by atoms with Crippen LogP contribution in [0.4, 0.5) is 0 Å². The van der Waals surface area contributed by atoms with Crippen molar-refractivity contribution in [2.24, 2.45) is 16.7 Å². The van der Waals surface area contributed by atoms with Crippen molar-refractivity contribution in [3.63, 3.8) is 0 Å². The molecular formula is C18H35N. The summed E-state index contributed by atoms with van der Waals surface area (Å²) in [4.78, 5) is 0. The van der Waals surface area contributed by atoms with Gasteiger partial charge in [0.1, 0.15) is 0 Å². The largest absolute Gasteiger partial charge is 0.313 e. The fraction of sp³-hybridized carbons (Fsp3) is 1.00. The number of hydrogen-bond acceptors (Lipinski definition) is 1. The predicted octanol–water partition coefficient (Wildman–Crippen LogP) is 5.15. The van der Waals surface area contributed by atoms with Crippen LogP contribution in [-0.4, -0.2) is 12.6 Å². The number of nitrogens with one attached hydrogen (secondary N) is 1. The molecule has 2 saturated carbocycles. The van der Waals surface area contributed by atoms with Crippen LogP contribution in [0.3, 0.4) is 0 Å². The van der Waals surface area contributed by atoms with Gasteiger partial charge in [0.15, 0.2) is 0 Å². The van der Waals surface area contributed by atoms with Crippen molar-refractivity contribution in [3.05, 3.63) is 0 Å². The molecule has 2 bridgehead atoms. The molecule has 0 aromatic rings. The summed E-state index contributed by atoms with van der Waals surface area (Å²) in [6, 6.07) is 0.759. The average molecular weight is 265 g/mol. The molecule has 112 valence electrons. The molecule has 2 fully saturated rings. The molecule has 0 heterocycles. The smallest absolute Gasteiger partial charge is 0.0175 e. The molecule has 1 N–H and O–H groups in total. The fourth-order valence-corrected chi connectivity index (χ4v) is 4.96. The monoisotopic (exact) mass is 265 g/mol. The molecule has 3 atom stereocenters. The molecule has 0 aromatic carbocycles. The lowest BCUT2D eigenvalue weighted by molar-refractivity contribution is 0.109. The van der Waals surface area contributed by atoms with Crippen LogP contribution in [0.25, 0.3) is 0 Å². The molecule has 2 aliphatic carbocycles. The average Bonchev–Trinajstić information content (AvgIpc) is 2.83. The lowest BCUT2D eigenvalue weighted by atomic mass is 9.68. The maximum Gasteiger partial charge on any atom is 0.0175 e. The van der Waals surface area contributed by atoms with Crippen LogP contribution < -0.4 is 5.32 Å². The van der Waals surface area contributed by atoms with Crippen LogP contribution in [-0.2, 0) is 0 Å². The normalized spacial score (nSPS) is 36.0. The van der Waals surface area contributed by atoms with E-state index >= 15 is 0 Å². The predicted molar refractivity (Wildman–Crippen MR) is 84.4 cm³/mol. The Labute approximate surface area is 120 Å². The summed E-state index contributed by atoms with van der Waals surface area (Å²) in [5.41, 5.74) is 1.12. The number of fused-ring (bicyclic) bond motifs is 2. The summed E-state index contributed by atoms with van der Waals surface area (Å²) in [6.07, 6.45) is 12.8. The first kappa shape index (κ1) is 15.4. The van der Waals surface area contributed by atoms with Crippen LogP contribution >= 0.6 is 0 Å². The Morgan fingerprint density at radius 3 is 2.32 bits per heavy atom. The second-order valence-corrected chi connectivity index (χ2v) is 8.07. The fourth-order valence-electron chi connectivity index (χ4n) is 4.96. The molecule has 2 aliphatic rings. The Kier molecular flexibility index (Phi) is 4.98. The zero-order chi connectivity index (χ0) is 13.9. The van der Waals surface area contributed by atoms with Crippen LogP contribution in [0.1, 0.15) is 85.5 Å². The third kappa shape index (κ3) is 3.17. The minimum absolute atomic E-state index is 0.523. The van der Waals surface area contributed by atoms with Gasteiger partial charge >= 0.3 is 0 Å². The highest BCUT2D eigenvalue weighted by Gasteiger charge is 2.58. The van der Waals surface area contributed by atoms with E-state index in [-0.39, 0.29) is 0 Å². The molecule has 1 nitrogen and oxygen atoms in total. The highest BCUT2D eigenvalue weighted by Crippen LogP contribution is 2.62. The van der Waals surface area contributed by atoms with Crippen molar-refractivity contribution in [2.45, 2.75) is 91.5 Å². The molecule has 2 rings (SSSR count). The number of hydrogen-bond donors (Lipinski definition) is 1. The molecule has 0 radical (unpaired) electrons. The Hall–Kier alpha value is -0.0400. The Bertz CT molecular complexity index is 279. The molecule has 1 heteroatoms. The third-order valence-corrected chi connectivity index (χ3v) is 6.15. The van der Waals surface area contributed by atoms with E-state index in [1.807, 2.05) is 0 Å². The quantitative estimate of drug-likeness (QED) is 0.598. The van der Waals surface area contributed by atoms with E-state index < -0.39 is 0 Å². The highest BCUT2D eigenvalue weighted by molar-refractivity contribution is 5.11. The zero-order valence-electron chi connectivity index (χ0n) is 13.7. The first-order valence-electron chi connectivity index (χ1n) is 8.74. The molecule has 0 spiro atoms. The van der Waals surface area contributed by atoms with Crippen LogP contribution in [0, 0.1) is 16.7 Å². The van der Waals surface area contributed by atoms with E-state index in [2.05, 4.69) is 33.0 Å². The van der Waals surface area contributed by atoms with Crippen molar-refractivity contribution in [1.82, 2.24) is 5.32 Å². The van der Waals surface area contributed by atoms with Gasteiger partial charge in [0.05, 0.1) is 0 Å². The topological polar surface area (TPSA) is 12.0 Å². The van der Waals surface area contributed by atoms with Crippen LogP contribution in [0.5, 0.6) is 0 Å². The number of rotatable bonds is 8. The molecule has 19 heavy (non-hydrogen) atoms. The van der Waals surface area contributed by atoms with Crippen LogP contribution in [0.2, 0.25) is 0 Å². The molecular weight excluding hydrogens is 230 g/mol. The van der Waals surface area contributed by atoms with Crippen molar-refractivity contribution in [2.75, 3.05) is 6.54 Å². The van der Waals surface area contributed by atoms with Gasteiger partial charge < -0.3 is 5.32 Å². The van der Waals surface area contributed by atoms with E-state index in [4.69, 9.17) is 0 Å². The van der Waals surface area contributed by atoms with Crippen molar-refractivity contribution < 1.29 is 0 Å². The minimum atomic E-state index is 0.523. The van der Waals surface area contributed by atoms with Gasteiger partial charge in [-0.3, -0.25) is 0 Å². The van der Waals surface area contributed by atoms with Crippen molar-refractivity contribution in [1.29, 1.82) is 0 Å². The van der Waals surface area contributed by atoms with Gasteiger partial charge in [-0.25, -0.2) is 0 Å². The summed E-state index contributed by atoms with van der Waals surface area (Å²) in [5.74, 6) is 0.972. The van der Waals surface area contributed by atoms with E-state index in [0.717, 1.165) is 12.0 Å². The molecule has 0 aromatic heterocycles. The maximum atomic E-state index is 3.93. The second kappa shape index (κ2) is 6.16. The molecule has 0 aliphatic heterocycles. The van der Waals surface area contributed by atoms with E-state index in [0.29, 0.717) is 10.8 Å². The lowest BCUT2D eigenvalue weighted by Gasteiger charge is -2.43. The molecule has 1 unspecified atom stereocenters. The lowest BCUT2D eigenvalue weighted by Crippen LogP contribution is -2.50. The standard InChI is InChI=1S/C18H35N/c1-5-6-7-8-9-10-13-19-16-17(2,3)15-11-12-18(16,4)14-15/h15-16,19H,5-14H2,1-4H3/t15-,16?,18+/m0/s1. The summed E-state index contributed by atoms with van der Waals surface area (Å²) < 4.78 is 0. The van der Waals surface area contributed by atoms with Crippen LogP contribution in [0.15, 0.2) is 0 Å². The summed E-state index contributed by atoms with van der Waals surface area (Å²) >= 11 is 0. The third-order valence-electron chi connectivity index (χ3n) is 6.15. The Morgan fingerprint density at radius 2 is 1.68 bits per heavy atom. The first-order valence-corrected chi connectivity index (χ1v) is 8.74. The zero-order valence-corrected chi connectivity index (χ0v) is 13.7. The van der Waals surface area contributed by atoms with Gasteiger partial charge in [0, 0.05) is 6.04 Å². The van der Waals surface area contributed by atoms with Gasteiger partial charge in [0.2, 0.25) is 0 Å². The van der Waals surface area contributed by atoms with E-state index in [1.165, 1.54) is 64.3 Å². The second-order valence-electron chi connectivity index (χ2n) is 8.07. The van der Waals surface area contributed by atoms with Crippen molar-refractivity contribution in [3.8, 4) is 0 Å². The van der Waals surface area contributed by atoms with Gasteiger partial charge in [-0.1, -0.05) is 59.8 Å². The molecule has 0 saturated heterocycles. The van der Waals surface area contributed by atoms with Gasteiger partial charge in [0.25, 0.3) is 0 Å². The maximum absolute atomic E-state index is 3.93. The van der Waals surface area contributed by atoms with E-state index in [9.17, 15) is 0 Å². The Balaban J connectivity index is 1.68. The van der Waals surface area contributed by atoms with Gasteiger partial charge in [-0.2, -0.15) is 0 Å².